The van der Waals surface area contributed by atoms with E-state index in [-0.39, 0.29) is 30.5 Å². The number of rotatable bonds is 2. The van der Waals surface area contributed by atoms with E-state index in [0.29, 0.717) is 0 Å². The van der Waals surface area contributed by atoms with E-state index in [4.69, 9.17) is 10.5 Å². The zero-order chi connectivity index (χ0) is 9.14. The first-order valence-electron chi connectivity index (χ1n) is 4.51. The van der Waals surface area contributed by atoms with Gasteiger partial charge in [-0.25, -0.2) is 0 Å². The van der Waals surface area contributed by atoms with Crippen LogP contribution >= 0.6 is 0 Å². The van der Waals surface area contributed by atoms with Crippen LogP contribution in [0.3, 0.4) is 0 Å². The predicted octanol–water partition coefficient (Wildman–Crippen LogP) is 0.718. The molecule has 0 spiro atoms. The van der Waals surface area contributed by atoms with Gasteiger partial charge in [0.15, 0.2) is 0 Å². The summed E-state index contributed by atoms with van der Waals surface area (Å²) < 4.78 is 5.52. The van der Waals surface area contributed by atoms with Crippen molar-refractivity contribution in [1.29, 1.82) is 0 Å². The lowest BCUT2D eigenvalue weighted by atomic mass is 9.89. The van der Waals surface area contributed by atoms with Gasteiger partial charge in [-0.1, -0.05) is 0 Å². The quantitative estimate of drug-likeness (QED) is 0.666. The molecule has 1 aliphatic rings. The number of hydrogen-bond donors (Lipinski definition) is 1. The Labute approximate surface area is 73.3 Å². The number of carbonyl (C=O) groups is 1. The number of nitrogens with two attached hydrogens (primary N) is 1. The molecule has 70 valence electrons. The van der Waals surface area contributed by atoms with Gasteiger partial charge in [-0.3, -0.25) is 4.79 Å². The van der Waals surface area contributed by atoms with Gasteiger partial charge in [0.25, 0.3) is 0 Å². The van der Waals surface area contributed by atoms with E-state index >= 15 is 0 Å². The summed E-state index contributed by atoms with van der Waals surface area (Å²) in [5.74, 6) is 0.311. The van der Waals surface area contributed by atoms with Gasteiger partial charge in [0.2, 0.25) is 0 Å². The highest BCUT2D eigenvalue weighted by atomic mass is 16.5. The Kier molecular flexibility index (Phi) is 3.23. The fourth-order valence-corrected chi connectivity index (χ4v) is 1.83. The van der Waals surface area contributed by atoms with E-state index in [2.05, 4.69) is 0 Å². The predicted molar refractivity (Wildman–Crippen MR) is 46.8 cm³/mol. The van der Waals surface area contributed by atoms with Crippen molar-refractivity contribution >= 4 is 5.78 Å². The second-order valence-electron chi connectivity index (χ2n) is 3.60. The van der Waals surface area contributed by atoms with Gasteiger partial charge < -0.3 is 10.5 Å². The van der Waals surface area contributed by atoms with Gasteiger partial charge in [0.1, 0.15) is 5.78 Å². The minimum Gasteiger partial charge on any atom is -0.376 e. The molecule has 2 N–H and O–H groups in total. The number of Topliss-reactive ketones (excluding diaryl/α,β-unsaturated/α-hetero) is 1. The summed E-state index contributed by atoms with van der Waals surface area (Å²) in [5, 5.41) is 0. The Morgan fingerprint density at radius 2 is 1.92 bits per heavy atom. The molecule has 0 amide bonds. The summed E-state index contributed by atoms with van der Waals surface area (Å²) in [6, 6.07) is 0. The van der Waals surface area contributed by atoms with Crippen LogP contribution in [0.2, 0.25) is 0 Å². The van der Waals surface area contributed by atoms with Crippen LogP contribution in [0.25, 0.3) is 0 Å². The standard InChI is InChI=1S/C9H17NO2/c1-6-3-8(9(11)5-10)4-7(2)12-6/h6-8H,3-5,10H2,1-2H3. The van der Waals surface area contributed by atoms with Crippen molar-refractivity contribution in [3.63, 3.8) is 0 Å². The van der Waals surface area contributed by atoms with Gasteiger partial charge in [-0.2, -0.15) is 0 Å². The lowest BCUT2D eigenvalue weighted by molar-refractivity contribution is -0.129. The van der Waals surface area contributed by atoms with Crippen LogP contribution in [0, 0.1) is 5.92 Å². The number of ether oxygens (including phenoxy) is 1. The number of ketones is 1. The third-order valence-electron chi connectivity index (χ3n) is 2.35. The normalized spacial score (nSPS) is 36.4. The Bertz CT molecular complexity index is 160. The van der Waals surface area contributed by atoms with Crippen molar-refractivity contribution in [2.24, 2.45) is 11.7 Å². The monoisotopic (exact) mass is 171 g/mol. The molecule has 0 radical (unpaired) electrons. The highest BCUT2D eigenvalue weighted by Crippen LogP contribution is 2.24. The van der Waals surface area contributed by atoms with Crippen molar-refractivity contribution in [3.8, 4) is 0 Å². The number of hydrogen-bond acceptors (Lipinski definition) is 3. The number of carbonyl (C=O) groups excluding carboxylic acids is 1. The molecule has 12 heavy (non-hydrogen) atoms. The van der Waals surface area contributed by atoms with Crippen LogP contribution in [0.15, 0.2) is 0 Å². The first-order chi connectivity index (χ1) is 5.63. The Morgan fingerprint density at radius 3 is 2.33 bits per heavy atom. The van der Waals surface area contributed by atoms with Crippen LogP contribution in [0.1, 0.15) is 26.7 Å². The molecule has 2 atom stereocenters. The lowest BCUT2D eigenvalue weighted by Gasteiger charge is -2.30. The summed E-state index contributed by atoms with van der Waals surface area (Å²) in [4.78, 5) is 11.3. The van der Waals surface area contributed by atoms with Crippen LogP contribution in [-0.4, -0.2) is 24.5 Å². The van der Waals surface area contributed by atoms with Crippen LogP contribution in [-0.2, 0) is 9.53 Å². The topological polar surface area (TPSA) is 52.3 Å². The molecular weight excluding hydrogens is 154 g/mol. The summed E-state index contributed by atoms with van der Waals surface area (Å²) in [7, 11) is 0. The molecule has 0 aromatic carbocycles. The fourth-order valence-electron chi connectivity index (χ4n) is 1.83. The first-order valence-corrected chi connectivity index (χ1v) is 4.51. The summed E-state index contributed by atoms with van der Waals surface area (Å²) >= 11 is 0. The summed E-state index contributed by atoms with van der Waals surface area (Å²) in [5.41, 5.74) is 5.30. The maximum atomic E-state index is 11.3. The maximum Gasteiger partial charge on any atom is 0.149 e. The fraction of sp³-hybridized carbons (Fsp3) is 0.889. The Morgan fingerprint density at radius 1 is 1.42 bits per heavy atom. The summed E-state index contributed by atoms with van der Waals surface area (Å²) in [6.07, 6.45) is 2.07. The highest BCUT2D eigenvalue weighted by Gasteiger charge is 2.28. The Hall–Kier alpha value is -0.410. The zero-order valence-electron chi connectivity index (χ0n) is 7.75. The average molecular weight is 171 g/mol. The largest absolute Gasteiger partial charge is 0.376 e. The third kappa shape index (κ3) is 2.29. The van der Waals surface area contributed by atoms with E-state index < -0.39 is 0 Å². The molecule has 1 rings (SSSR count). The van der Waals surface area contributed by atoms with Crippen molar-refractivity contribution < 1.29 is 9.53 Å². The molecule has 0 aromatic rings. The van der Waals surface area contributed by atoms with E-state index in [0.717, 1.165) is 12.8 Å². The van der Waals surface area contributed by atoms with Gasteiger partial charge in [-0.05, 0) is 26.7 Å². The SMILES string of the molecule is CC1CC(C(=O)CN)CC(C)O1. The third-order valence-corrected chi connectivity index (χ3v) is 2.35. The second kappa shape index (κ2) is 4.01. The molecular formula is C9H17NO2. The highest BCUT2D eigenvalue weighted by molar-refractivity contribution is 5.82. The first kappa shape index (κ1) is 9.68. The summed E-state index contributed by atoms with van der Waals surface area (Å²) in [6.45, 7) is 4.18. The second-order valence-corrected chi connectivity index (χ2v) is 3.60. The molecule has 0 aliphatic carbocycles. The minimum absolute atomic E-state index is 0.133. The van der Waals surface area contributed by atoms with Crippen molar-refractivity contribution in [3.05, 3.63) is 0 Å². The van der Waals surface area contributed by atoms with Gasteiger partial charge >= 0.3 is 0 Å². The van der Waals surface area contributed by atoms with Gasteiger partial charge in [-0.15, -0.1) is 0 Å². The van der Waals surface area contributed by atoms with E-state index in [1.165, 1.54) is 0 Å². The molecule has 1 fully saturated rings. The van der Waals surface area contributed by atoms with Crippen molar-refractivity contribution in [2.75, 3.05) is 6.54 Å². The van der Waals surface area contributed by atoms with Crippen LogP contribution < -0.4 is 5.73 Å². The minimum atomic E-state index is 0.133. The molecule has 1 aliphatic heterocycles. The average Bonchev–Trinajstić information content (AvgIpc) is 2.01. The molecule has 3 heteroatoms. The molecule has 0 aromatic heterocycles. The molecule has 3 nitrogen and oxygen atoms in total. The smallest absolute Gasteiger partial charge is 0.149 e. The molecule has 1 heterocycles. The maximum absolute atomic E-state index is 11.3. The molecule has 0 saturated carbocycles. The van der Waals surface area contributed by atoms with Crippen molar-refractivity contribution in [1.82, 2.24) is 0 Å². The molecule has 1 saturated heterocycles. The van der Waals surface area contributed by atoms with Gasteiger partial charge in [0, 0.05) is 5.92 Å². The van der Waals surface area contributed by atoms with Crippen molar-refractivity contribution in [2.45, 2.75) is 38.9 Å². The Balaban J connectivity index is 2.49. The lowest BCUT2D eigenvalue weighted by Crippen LogP contribution is -2.35. The van der Waals surface area contributed by atoms with E-state index in [1.807, 2.05) is 13.8 Å². The van der Waals surface area contributed by atoms with Crippen LogP contribution in [0.4, 0.5) is 0 Å². The van der Waals surface area contributed by atoms with Gasteiger partial charge in [0.05, 0.1) is 18.8 Å². The van der Waals surface area contributed by atoms with E-state index in [1.54, 1.807) is 0 Å². The zero-order valence-corrected chi connectivity index (χ0v) is 7.75. The molecule has 2 unspecified atom stereocenters. The van der Waals surface area contributed by atoms with Crippen LogP contribution in [0.5, 0.6) is 0 Å². The molecule has 0 bridgehead atoms. The van der Waals surface area contributed by atoms with E-state index in [9.17, 15) is 4.79 Å².